The van der Waals surface area contributed by atoms with Crippen molar-refractivity contribution in [2.24, 2.45) is 0 Å². The number of urea groups is 1. The Hall–Kier alpha value is -2.35. The van der Waals surface area contributed by atoms with Crippen LogP contribution >= 0.6 is 11.8 Å². The third-order valence-electron chi connectivity index (χ3n) is 5.19. The molecule has 2 saturated heterocycles. The molecule has 0 radical (unpaired) electrons. The van der Waals surface area contributed by atoms with Crippen LogP contribution in [-0.2, 0) is 4.79 Å². The maximum atomic E-state index is 12.2. The third-order valence-corrected chi connectivity index (χ3v) is 6.69. The highest BCUT2D eigenvalue weighted by Crippen LogP contribution is 2.33. The van der Waals surface area contributed by atoms with Gasteiger partial charge in [-0.15, -0.1) is 0 Å². The Balaban J connectivity index is 1.37. The van der Waals surface area contributed by atoms with Gasteiger partial charge in [0.25, 0.3) is 5.91 Å². The van der Waals surface area contributed by atoms with Gasteiger partial charge in [-0.05, 0) is 25.0 Å². The lowest BCUT2D eigenvalue weighted by Crippen LogP contribution is -2.36. The molecule has 3 rings (SSSR count). The summed E-state index contributed by atoms with van der Waals surface area (Å²) in [6.45, 7) is 0. The number of thioether (sulfide) groups is 1. The first-order valence-corrected chi connectivity index (χ1v) is 10.6. The van der Waals surface area contributed by atoms with E-state index in [1.54, 1.807) is 31.3 Å². The van der Waals surface area contributed by atoms with Crippen LogP contribution in [0.1, 0.15) is 52.8 Å². The minimum atomic E-state index is -0.220. The Kier molecular flexibility index (Phi) is 6.72. The lowest BCUT2D eigenvalue weighted by Gasteiger charge is -2.16. The number of hydrogen-bond acceptors (Lipinski definition) is 5. The van der Waals surface area contributed by atoms with Crippen LogP contribution in [0.3, 0.4) is 0 Å². The molecule has 0 aromatic heterocycles. The topological polar surface area (TPSA) is 104 Å². The number of carbonyl (C=O) groups excluding carboxylic acids is 4. The fourth-order valence-corrected chi connectivity index (χ4v) is 5.18. The van der Waals surface area contributed by atoms with E-state index in [0.29, 0.717) is 22.8 Å². The molecular weight excluding hydrogens is 378 g/mol. The van der Waals surface area contributed by atoms with E-state index in [0.717, 1.165) is 25.0 Å². The van der Waals surface area contributed by atoms with Crippen molar-refractivity contribution in [3.05, 3.63) is 35.4 Å². The number of benzene rings is 1. The average molecular weight is 404 g/mol. The van der Waals surface area contributed by atoms with E-state index in [4.69, 9.17) is 0 Å². The molecule has 150 valence electrons. The molecule has 7 nitrogen and oxygen atoms in total. The van der Waals surface area contributed by atoms with Crippen molar-refractivity contribution in [2.75, 3.05) is 12.8 Å². The quantitative estimate of drug-likeness (QED) is 0.253. The molecule has 2 fully saturated rings. The van der Waals surface area contributed by atoms with Gasteiger partial charge in [-0.25, -0.2) is 4.79 Å². The summed E-state index contributed by atoms with van der Waals surface area (Å²) in [6.07, 6.45) is 2.88. The summed E-state index contributed by atoms with van der Waals surface area (Å²) in [6, 6.07) is 6.65. The number of unbranched alkanes of at least 4 members (excludes halogenated alkanes) is 1. The van der Waals surface area contributed by atoms with Gasteiger partial charge in [0.1, 0.15) is 5.78 Å². The van der Waals surface area contributed by atoms with E-state index in [9.17, 15) is 19.2 Å². The Morgan fingerprint density at radius 2 is 1.82 bits per heavy atom. The molecule has 0 spiro atoms. The van der Waals surface area contributed by atoms with Crippen molar-refractivity contribution in [2.45, 2.75) is 49.4 Å². The summed E-state index contributed by atoms with van der Waals surface area (Å²) in [5, 5.41) is 8.80. The first-order valence-electron chi connectivity index (χ1n) is 9.53. The molecule has 28 heavy (non-hydrogen) atoms. The summed E-state index contributed by atoms with van der Waals surface area (Å²) in [5.41, 5.74) is 0.921. The lowest BCUT2D eigenvalue weighted by molar-refractivity contribution is -0.118. The normalized spacial score (nSPS) is 22.9. The molecule has 1 aromatic carbocycles. The number of nitrogens with one attached hydrogen (secondary N) is 3. The minimum Gasteiger partial charge on any atom is -0.355 e. The summed E-state index contributed by atoms with van der Waals surface area (Å²) in [7, 11) is 1.55. The second-order valence-corrected chi connectivity index (χ2v) is 8.43. The SMILES string of the molecule is CNC(=O)c1ccc(C(=O)CC(=O)CCCCC2SCC3NC(=O)NC32)cc1. The Morgan fingerprint density at radius 1 is 1.11 bits per heavy atom. The average Bonchev–Trinajstić information content (AvgIpc) is 3.24. The van der Waals surface area contributed by atoms with Crippen LogP contribution in [0.4, 0.5) is 4.79 Å². The van der Waals surface area contributed by atoms with Crippen LogP contribution in [-0.4, -0.2) is 53.6 Å². The van der Waals surface area contributed by atoms with Gasteiger partial charge in [0.15, 0.2) is 5.78 Å². The van der Waals surface area contributed by atoms with Crippen LogP contribution in [0.25, 0.3) is 0 Å². The molecule has 3 unspecified atom stereocenters. The smallest absolute Gasteiger partial charge is 0.315 e. The van der Waals surface area contributed by atoms with Crippen LogP contribution in [0.2, 0.25) is 0 Å². The van der Waals surface area contributed by atoms with Crippen molar-refractivity contribution < 1.29 is 19.2 Å². The first-order chi connectivity index (χ1) is 13.5. The zero-order valence-electron chi connectivity index (χ0n) is 15.8. The van der Waals surface area contributed by atoms with Crippen LogP contribution in [0.5, 0.6) is 0 Å². The van der Waals surface area contributed by atoms with E-state index in [-0.39, 0.29) is 42.0 Å². The number of rotatable bonds is 9. The van der Waals surface area contributed by atoms with Gasteiger partial charge >= 0.3 is 6.03 Å². The largest absolute Gasteiger partial charge is 0.355 e. The molecule has 0 saturated carbocycles. The van der Waals surface area contributed by atoms with Crippen LogP contribution in [0, 0.1) is 0 Å². The van der Waals surface area contributed by atoms with Crippen LogP contribution in [0.15, 0.2) is 24.3 Å². The van der Waals surface area contributed by atoms with Crippen molar-refractivity contribution >= 4 is 35.3 Å². The van der Waals surface area contributed by atoms with E-state index < -0.39 is 0 Å². The molecule has 2 aliphatic rings. The highest BCUT2D eigenvalue weighted by Gasteiger charge is 2.42. The van der Waals surface area contributed by atoms with Crippen molar-refractivity contribution in [3.8, 4) is 0 Å². The zero-order valence-corrected chi connectivity index (χ0v) is 16.6. The van der Waals surface area contributed by atoms with Gasteiger partial charge < -0.3 is 16.0 Å². The molecule has 1 aromatic rings. The van der Waals surface area contributed by atoms with Crippen molar-refractivity contribution in [1.82, 2.24) is 16.0 Å². The van der Waals surface area contributed by atoms with Gasteiger partial charge in [0.2, 0.25) is 0 Å². The Bertz CT molecular complexity index is 765. The maximum Gasteiger partial charge on any atom is 0.315 e. The van der Waals surface area contributed by atoms with Crippen molar-refractivity contribution in [3.63, 3.8) is 0 Å². The minimum absolute atomic E-state index is 0.0619. The van der Waals surface area contributed by atoms with E-state index >= 15 is 0 Å². The second kappa shape index (κ2) is 9.23. The van der Waals surface area contributed by atoms with E-state index in [1.165, 1.54) is 0 Å². The molecule has 3 N–H and O–H groups in total. The standard InChI is InChI=1S/C20H25N3O4S/c1-21-19(26)13-8-6-12(7-9-13)16(25)10-14(24)4-2-3-5-17-18-15(11-28-17)22-20(27)23-18/h6-9,15,17-18H,2-5,10-11H2,1H3,(H,21,26)(H2,22,23,27). The predicted molar refractivity (Wildman–Crippen MR) is 108 cm³/mol. The predicted octanol–water partition coefficient (Wildman–Crippen LogP) is 1.91. The number of ketones is 2. The first kappa shape index (κ1) is 20.4. The van der Waals surface area contributed by atoms with Crippen molar-refractivity contribution in [1.29, 1.82) is 0 Å². The fourth-order valence-electron chi connectivity index (χ4n) is 3.63. The second-order valence-electron chi connectivity index (χ2n) is 7.16. The van der Waals surface area contributed by atoms with E-state index in [1.807, 2.05) is 11.8 Å². The molecular formula is C20H25N3O4S. The molecule has 2 heterocycles. The monoisotopic (exact) mass is 403 g/mol. The Morgan fingerprint density at radius 3 is 2.54 bits per heavy atom. The molecule has 3 atom stereocenters. The molecule has 3 amide bonds. The van der Waals surface area contributed by atoms with Gasteiger partial charge in [0, 0.05) is 35.6 Å². The summed E-state index contributed by atoms with van der Waals surface area (Å²) >= 11 is 1.86. The number of carbonyl (C=O) groups is 4. The molecule has 0 bridgehead atoms. The summed E-state index contributed by atoms with van der Waals surface area (Å²) in [4.78, 5) is 47.2. The van der Waals surface area contributed by atoms with Gasteiger partial charge in [-0.2, -0.15) is 11.8 Å². The highest BCUT2D eigenvalue weighted by atomic mass is 32.2. The fraction of sp³-hybridized carbons (Fsp3) is 0.500. The lowest BCUT2D eigenvalue weighted by atomic mass is 9.99. The summed E-state index contributed by atoms with van der Waals surface area (Å²) < 4.78 is 0. The Labute approximate surface area is 168 Å². The molecule has 8 heteroatoms. The number of Topliss-reactive ketones (excluding diaryl/α,β-unsaturated/α-hetero) is 2. The van der Waals surface area contributed by atoms with Gasteiger partial charge in [0.05, 0.1) is 18.5 Å². The van der Waals surface area contributed by atoms with Gasteiger partial charge in [-0.3, -0.25) is 14.4 Å². The summed E-state index contributed by atoms with van der Waals surface area (Å²) in [5.74, 6) is 0.436. The number of amides is 3. The number of fused-ring (bicyclic) bond motifs is 1. The van der Waals surface area contributed by atoms with E-state index in [2.05, 4.69) is 16.0 Å². The van der Waals surface area contributed by atoms with Gasteiger partial charge in [-0.1, -0.05) is 18.6 Å². The van der Waals surface area contributed by atoms with Crippen LogP contribution < -0.4 is 16.0 Å². The zero-order chi connectivity index (χ0) is 20.1. The molecule has 0 aliphatic carbocycles. The highest BCUT2D eigenvalue weighted by molar-refractivity contribution is 8.00. The third kappa shape index (κ3) is 4.92. The maximum absolute atomic E-state index is 12.2. The number of hydrogen-bond donors (Lipinski definition) is 3. The molecule has 2 aliphatic heterocycles.